The van der Waals surface area contributed by atoms with Crippen LogP contribution >= 0.6 is 0 Å². The predicted molar refractivity (Wildman–Crippen MR) is 98.6 cm³/mol. The van der Waals surface area contributed by atoms with Crippen LogP contribution < -0.4 is 4.90 Å². The Bertz CT molecular complexity index is 664. The largest absolute Gasteiger partial charge is 0.370 e. The van der Waals surface area contributed by atoms with Gasteiger partial charge < -0.3 is 4.90 Å². The topological polar surface area (TPSA) is 3.24 Å². The molecule has 4 rings (SSSR count). The highest BCUT2D eigenvalue weighted by Crippen LogP contribution is 2.55. The van der Waals surface area contributed by atoms with Crippen molar-refractivity contribution in [3.63, 3.8) is 0 Å². The molecular formula is C22H27N. The van der Waals surface area contributed by atoms with Gasteiger partial charge in [0.2, 0.25) is 0 Å². The van der Waals surface area contributed by atoms with E-state index < -0.39 is 0 Å². The average molecular weight is 305 g/mol. The van der Waals surface area contributed by atoms with E-state index in [-0.39, 0.29) is 10.8 Å². The van der Waals surface area contributed by atoms with Gasteiger partial charge in [0.1, 0.15) is 0 Å². The first-order valence-electron chi connectivity index (χ1n) is 8.95. The minimum absolute atomic E-state index is 0.193. The molecule has 1 nitrogen and oxygen atoms in total. The molecule has 1 heteroatoms. The number of nitrogens with zero attached hydrogens (tertiary/aromatic N) is 1. The molecule has 120 valence electrons. The van der Waals surface area contributed by atoms with Crippen molar-refractivity contribution in [2.45, 2.75) is 33.1 Å². The second-order valence-electron chi connectivity index (χ2n) is 8.02. The lowest BCUT2D eigenvalue weighted by molar-refractivity contribution is 0.157. The molecule has 1 spiro atoms. The van der Waals surface area contributed by atoms with Crippen LogP contribution in [0.25, 0.3) is 0 Å². The van der Waals surface area contributed by atoms with Crippen LogP contribution in [-0.4, -0.2) is 13.1 Å². The van der Waals surface area contributed by atoms with Crippen molar-refractivity contribution >= 4 is 5.69 Å². The van der Waals surface area contributed by atoms with E-state index in [1.54, 1.807) is 5.57 Å². The molecule has 1 heterocycles. The highest BCUT2D eigenvalue weighted by Gasteiger charge is 2.49. The predicted octanol–water partition coefficient (Wildman–Crippen LogP) is 5.37. The van der Waals surface area contributed by atoms with Crippen molar-refractivity contribution in [3.05, 3.63) is 66.3 Å². The molecule has 1 fully saturated rings. The Morgan fingerprint density at radius 2 is 1.91 bits per heavy atom. The van der Waals surface area contributed by atoms with Crippen molar-refractivity contribution in [3.8, 4) is 0 Å². The third-order valence-corrected chi connectivity index (χ3v) is 6.47. The van der Waals surface area contributed by atoms with E-state index >= 15 is 0 Å². The van der Waals surface area contributed by atoms with E-state index in [9.17, 15) is 0 Å². The first kappa shape index (κ1) is 14.8. The molecule has 1 aliphatic heterocycles. The second-order valence-corrected chi connectivity index (χ2v) is 8.02. The fourth-order valence-corrected chi connectivity index (χ4v) is 4.75. The number of para-hydroxylation sites is 1. The summed E-state index contributed by atoms with van der Waals surface area (Å²) in [7, 11) is 0. The third-order valence-electron chi connectivity index (χ3n) is 6.47. The summed E-state index contributed by atoms with van der Waals surface area (Å²) in [5, 5.41) is 0. The number of hydrogen-bond donors (Lipinski definition) is 0. The van der Waals surface area contributed by atoms with E-state index in [1.165, 1.54) is 25.1 Å². The third kappa shape index (κ3) is 2.38. The average Bonchev–Trinajstić information content (AvgIpc) is 3.05. The normalized spacial score (nSPS) is 31.8. The van der Waals surface area contributed by atoms with Gasteiger partial charge in [-0.1, -0.05) is 68.0 Å². The van der Waals surface area contributed by atoms with Crippen molar-refractivity contribution in [2.75, 3.05) is 18.0 Å². The molecule has 3 aliphatic rings. The lowest BCUT2D eigenvalue weighted by Crippen LogP contribution is -2.49. The lowest BCUT2D eigenvalue weighted by Gasteiger charge is -2.51. The molecule has 0 radical (unpaired) electrons. The Morgan fingerprint density at radius 1 is 1.09 bits per heavy atom. The summed E-state index contributed by atoms with van der Waals surface area (Å²) in [5.74, 6) is 0.782. The summed E-state index contributed by atoms with van der Waals surface area (Å²) in [5.41, 5.74) is 3.48. The van der Waals surface area contributed by atoms with Crippen LogP contribution in [-0.2, 0) is 0 Å². The minimum Gasteiger partial charge on any atom is -0.370 e. The Balaban J connectivity index is 1.78. The molecule has 0 amide bonds. The number of rotatable bonds is 1. The molecule has 0 N–H and O–H groups in total. The van der Waals surface area contributed by atoms with Crippen molar-refractivity contribution in [2.24, 2.45) is 16.7 Å². The van der Waals surface area contributed by atoms with E-state index in [4.69, 9.17) is 0 Å². The van der Waals surface area contributed by atoms with Crippen LogP contribution in [0, 0.1) is 16.7 Å². The number of benzene rings is 1. The molecule has 2 unspecified atom stereocenters. The van der Waals surface area contributed by atoms with E-state index in [0.717, 1.165) is 18.9 Å². The highest BCUT2D eigenvalue weighted by atomic mass is 15.1. The summed E-state index contributed by atoms with van der Waals surface area (Å²) >= 11 is 0. The zero-order valence-corrected chi connectivity index (χ0v) is 14.3. The van der Waals surface area contributed by atoms with Crippen molar-refractivity contribution in [1.29, 1.82) is 0 Å². The van der Waals surface area contributed by atoms with Crippen LogP contribution in [0.2, 0.25) is 0 Å². The van der Waals surface area contributed by atoms with Crippen LogP contribution in [0.4, 0.5) is 5.69 Å². The standard InChI is InChI=1S/C22H27N/c1-21(2)19-12-11-18(15-19)16-23(20-9-5-3-6-10-20)17-22(21)13-7-4-8-14-22/h3-10,12-13,18H,11,14-17H2,1-2H3. The fourth-order valence-electron chi connectivity index (χ4n) is 4.75. The monoisotopic (exact) mass is 305 g/mol. The summed E-state index contributed by atoms with van der Waals surface area (Å²) in [6.07, 6.45) is 15.5. The van der Waals surface area contributed by atoms with E-state index in [0.29, 0.717) is 0 Å². The van der Waals surface area contributed by atoms with Crippen LogP contribution in [0.1, 0.15) is 33.1 Å². The van der Waals surface area contributed by atoms with Crippen LogP contribution in [0.5, 0.6) is 0 Å². The second kappa shape index (κ2) is 5.40. The first-order chi connectivity index (χ1) is 11.1. The van der Waals surface area contributed by atoms with Gasteiger partial charge in [0, 0.05) is 24.2 Å². The lowest BCUT2D eigenvalue weighted by atomic mass is 9.58. The van der Waals surface area contributed by atoms with E-state index in [2.05, 4.69) is 79.5 Å². The van der Waals surface area contributed by atoms with Gasteiger partial charge in [-0.2, -0.15) is 0 Å². The van der Waals surface area contributed by atoms with E-state index in [1.807, 2.05) is 0 Å². The maximum absolute atomic E-state index is 2.64. The number of fused-ring (bicyclic) bond motifs is 2. The molecular weight excluding hydrogens is 278 g/mol. The molecule has 0 saturated carbocycles. The summed E-state index contributed by atoms with van der Waals surface area (Å²) < 4.78 is 0. The Kier molecular flexibility index (Phi) is 3.48. The quantitative estimate of drug-likeness (QED) is 0.630. The molecule has 0 aromatic heterocycles. The smallest absolute Gasteiger partial charge is 0.0366 e. The number of anilines is 1. The zero-order chi connectivity index (χ0) is 15.9. The molecule has 23 heavy (non-hydrogen) atoms. The Hall–Kier alpha value is -1.76. The zero-order valence-electron chi connectivity index (χ0n) is 14.3. The van der Waals surface area contributed by atoms with Gasteiger partial charge in [0.25, 0.3) is 0 Å². The van der Waals surface area contributed by atoms with Gasteiger partial charge in [-0.25, -0.2) is 0 Å². The summed E-state index contributed by atoms with van der Waals surface area (Å²) in [4.78, 5) is 2.64. The molecule has 2 aliphatic carbocycles. The van der Waals surface area contributed by atoms with Gasteiger partial charge in [0.15, 0.2) is 0 Å². The van der Waals surface area contributed by atoms with Gasteiger partial charge in [-0.15, -0.1) is 0 Å². The highest BCUT2D eigenvalue weighted by molar-refractivity contribution is 5.48. The Morgan fingerprint density at radius 3 is 2.65 bits per heavy atom. The fraction of sp³-hybridized carbons (Fsp3) is 0.455. The maximum atomic E-state index is 2.64. The Labute approximate surface area is 140 Å². The molecule has 2 atom stereocenters. The maximum Gasteiger partial charge on any atom is 0.0366 e. The van der Waals surface area contributed by atoms with Crippen molar-refractivity contribution < 1.29 is 0 Å². The molecule has 2 bridgehead atoms. The number of hydrogen-bond acceptors (Lipinski definition) is 1. The van der Waals surface area contributed by atoms with Crippen LogP contribution in [0.3, 0.4) is 0 Å². The SMILES string of the molecule is CC1(C)C2=CCC(C2)CN(c2ccccc2)CC12C=CC=CC2. The van der Waals surface area contributed by atoms with Gasteiger partial charge in [-0.05, 0) is 42.7 Å². The van der Waals surface area contributed by atoms with Gasteiger partial charge >= 0.3 is 0 Å². The number of allylic oxidation sites excluding steroid dienone is 5. The molecule has 1 aromatic carbocycles. The van der Waals surface area contributed by atoms with Crippen LogP contribution in [0.15, 0.2) is 66.3 Å². The van der Waals surface area contributed by atoms with Crippen molar-refractivity contribution in [1.82, 2.24) is 0 Å². The summed E-state index contributed by atoms with van der Waals surface area (Å²) in [6, 6.07) is 11.0. The molecule has 1 saturated heterocycles. The van der Waals surface area contributed by atoms with Gasteiger partial charge in [-0.3, -0.25) is 0 Å². The first-order valence-corrected chi connectivity index (χ1v) is 8.95. The summed E-state index contributed by atoms with van der Waals surface area (Å²) in [6.45, 7) is 7.23. The minimum atomic E-state index is 0.193. The molecule has 1 aromatic rings. The van der Waals surface area contributed by atoms with Gasteiger partial charge in [0.05, 0.1) is 0 Å².